The summed E-state index contributed by atoms with van der Waals surface area (Å²) >= 11 is 0. The van der Waals surface area contributed by atoms with Gasteiger partial charge in [0.1, 0.15) is 0 Å². The molecule has 0 bridgehead atoms. The molecule has 0 heterocycles. The van der Waals surface area contributed by atoms with Crippen LogP contribution >= 0.6 is 0 Å². The summed E-state index contributed by atoms with van der Waals surface area (Å²) in [6, 6.07) is 0. The van der Waals surface area contributed by atoms with Gasteiger partial charge in [0, 0.05) is 6.54 Å². The number of allylic oxidation sites excluding steroid dienone is 1. The molecule has 0 aliphatic rings. The van der Waals surface area contributed by atoms with Crippen LogP contribution in [0.4, 0.5) is 0 Å². The zero-order valence-corrected chi connectivity index (χ0v) is 18.6. The van der Waals surface area contributed by atoms with Gasteiger partial charge in [0.05, 0.1) is 0 Å². The summed E-state index contributed by atoms with van der Waals surface area (Å²) in [7, 11) is 0. The molecule has 3 heteroatoms. The Kier molecular flexibility index (Phi) is 25.0. The number of rotatable bonds is 23. The molecule has 0 amide bonds. The van der Waals surface area contributed by atoms with Gasteiger partial charge in [-0.2, -0.15) is 0 Å². The van der Waals surface area contributed by atoms with Crippen LogP contribution in [-0.2, 0) is 0 Å². The molecule has 0 saturated carbocycles. The maximum absolute atomic E-state index is 5.46. The standard InChI is InChI=1S/C24H51N3/c1-2-3-4-5-6-7-8-9-10-11-12-13-14-15-16-17-21-26-23-19-24-27-22-18-20-25/h17,21,26-27H,2-16,18-20,22-25H2,1H3/b21-17+. The van der Waals surface area contributed by atoms with Crippen molar-refractivity contribution in [3.05, 3.63) is 12.3 Å². The van der Waals surface area contributed by atoms with Crippen LogP contribution in [0.2, 0.25) is 0 Å². The van der Waals surface area contributed by atoms with Crippen LogP contribution in [0.5, 0.6) is 0 Å². The fourth-order valence-corrected chi connectivity index (χ4v) is 3.37. The number of nitrogens with one attached hydrogen (secondary N) is 2. The fraction of sp³-hybridized carbons (Fsp3) is 0.917. The highest BCUT2D eigenvalue weighted by atomic mass is 14.9. The summed E-state index contributed by atoms with van der Waals surface area (Å²) in [6.45, 7) is 6.27. The zero-order valence-electron chi connectivity index (χ0n) is 18.6. The maximum atomic E-state index is 5.46. The summed E-state index contributed by atoms with van der Waals surface area (Å²) in [5.74, 6) is 0. The Bertz CT molecular complexity index is 279. The van der Waals surface area contributed by atoms with E-state index in [2.05, 4.69) is 29.8 Å². The van der Waals surface area contributed by atoms with E-state index in [4.69, 9.17) is 5.73 Å². The Labute approximate surface area is 171 Å². The molecule has 0 rings (SSSR count). The van der Waals surface area contributed by atoms with Gasteiger partial charge in [0.15, 0.2) is 0 Å². The van der Waals surface area contributed by atoms with Gasteiger partial charge in [0.2, 0.25) is 0 Å². The van der Waals surface area contributed by atoms with Crippen molar-refractivity contribution in [1.29, 1.82) is 0 Å². The lowest BCUT2D eigenvalue weighted by molar-refractivity contribution is 0.536. The molecule has 0 atom stereocenters. The Hall–Kier alpha value is -0.540. The maximum Gasteiger partial charge on any atom is 0.0153 e. The molecule has 0 fully saturated rings. The molecule has 27 heavy (non-hydrogen) atoms. The summed E-state index contributed by atoms with van der Waals surface area (Å²) in [5.41, 5.74) is 5.46. The highest BCUT2D eigenvalue weighted by Crippen LogP contribution is 2.13. The number of hydrogen-bond acceptors (Lipinski definition) is 3. The molecular weight excluding hydrogens is 330 g/mol. The first-order valence-corrected chi connectivity index (χ1v) is 12.2. The van der Waals surface area contributed by atoms with Crippen LogP contribution in [0.25, 0.3) is 0 Å². The van der Waals surface area contributed by atoms with Crippen molar-refractivity contribution in [2.24, 2.45) is 5.73 Å². The Morgan fingerprint density at radius 1 is 0.593 bits per heavy atom. The second-order valence-corrected chi connectivity index (χ2v) is 7.99. The Morgan fingerprint density at radius 2 is 1.11 bits per heavy atom. The van der Waals surface area contributed by atoms with Gasteiger partial charge in [-0.25, -0.2) is 0 Å². The Morgan fingerprint density at radius 3 is 1.67 bits per heavy atom. The van der Waals surface area contributed by atoms with E-state index in [0.717, 1.165) is 32.6 Å². The minimum Gasteiger partial charge on any atom is -0.391 e. The van der Waals surface area contributed by atoms with Crippen molar-refractivity contribution in [2.75, 3.05) is 26.2 Å². The van der Waals surface area contributed by atoms with Crippen molar-refractivity contribution in [1.82, 2.24) is 10.6 Å². The van der Waals surface area contributed by atoms with E-state index in [0.29, 0.717) is 0 Å². The number of hydrogen-bond donors (Lipinski definition) is 3. The van der Waals surface area contributed by atoms with Gasteiger partial charge in [-0.15, -0.1) is 0 Å². The highest BCUT2D eigenvalue weighted by molar-refractivity contribution is 4.79. The van der Waals surface area contributed by atoms with Crippen molar-refractivity contribution < 1.29 is 0 Å². The van der Waals surface area contributed by atoms with Gasteiger partial charge in [-0.3, -0.25) is 0 Å². The minimum absolute atomic E-state index is 0.785. The lowest BCUT2D eigenvalue weighted by atomic mass is 10.0. The van der Waals surface area contributed by atoms with Crippen LogP contribution in [-0.4, -0.2) is 26.2 Å². The summed E-state index contributed by atoms with van der Waals surface area (Å²) < 4.78 is 0. The predicted molar refractivity (Wildman–Crippen MR) is 123 cm³/mol. The van der Waals surface area contributed by atoms with Crippen molar-refractivity contribution in [2.45, 2.75) is 116 Å². The van der Waals surface area contributed by atoms with Crippen LogP contribution in [0.1, 0.15) is 116 Å². The molecule has 0 aromatic rings. The smallest absolute Gasteiger partial charge is 0.0153 e. The predicted octanol–water partition coefficient (Wildman–Crippen LogP) is 6.29. The third-order valence-electron chi connectivity index (χ3n) is 5.19. The minimum atomic E-state index is 0.785. The molecule has 0 spiro atoms. The molecule has 0 radical (unpaired) electrons. The lowest BCUT2D eigenvalue weighted by Gasteiger charge is -2.04. The van der Waals surface area contributed by atoms with E-state index >= 15 is 0 Å². The summed E-state index contributed by atoms with van der Waals surface area (Å²) in [5, 5.41) is 6.78. The highest BCUT2D eigenvalue weighted by Gasteiger charge is 1.93. The van der Waals surface area contributed by atoms with Crippen LogP contribution in [0.15, 0.2) is 12.3 Å². The lowest BCUT2D eigenvalue weighted by Crippen LogP contribution is -2.22. The number of unbranched alkanes of at least 4 members (excludes halogenated alkanes) is 14. The van der Waals surface area contributed by atoms with E-state index in [9.17, 15) is 0 Å². The van der Waals surface area contributed by atoms with Crippen LogP contribution in [0, 0.1) is 0 Å². The molecule has 3 nitrogen and oxygen atoms in total. The third-order valence-corrected chi connectivity index (χ3v) is 5.19. The SMILES string of the molecule is CCCCCCCCCCCCCCCC/C=C/NCCCNCCCN. The molecule has 0 aliphatic carbocycles. The second kappa shape index (κ2) is 25.5. The quantitative estimate of drug-likeness (QED) is 0.182. The molecule has 0 unspecified atom stereocenters. The first-order chi connectivity index (χ1) is 13.4. The van der Waals surface area contributed by atoms with Crippen molar-refractivity contribution in [3.63, 3.8) is 0 Å². The van der Waals surface area contributed by atoms with E-state index in [1.54, 1.807) is 0 Å². The third kappa shape index (κ3) is 25.5. The van der Waals surface area contributed by atoms with E-state index in [1.165, 1.54) is 103 Å². The van der Waals surface area contributed by atoms with Crippen LogP contribution in [0.3, 0.4) is 0 Å². The molecule has 0 aromatic heterocycles. The molecule has 0 aliphatic heterocycles. The summed E-state index contributed by atoms with van der Waals surface area (Å²) in [6.07, 6.45) is 28.0. The molecule has 0 aromatic carbocycles. The van der Waals surface area contributed by atoms with Crippen molar-refractivity contribution in [3.8, 4) is 0 Å². The molecular formula is C24H51N3. The monoisotopic (exact) mass is 381 g/mol. The van der Waals surface area contributed by atoms with E-state index in [1.807, 2.05) is 0 Å². The van der Waals surface area contributed by atoms with Crippen molar-refractivity contribution >= 4 is 0 Å². The molecule has 162 valence electrons. The number of nitrogens with two attached hydrogens (primary N) is 1. The van der Waals surface area contributed by atoms with Gasteiger partial charge >= 0.3 is 0 Å². The van der Waals surface area contributed by atoms with E-state index in [-0.39, 0.29) is 0 Å². The first-order valence-electron chi connectivity index (χ1n) is 12.2. The second-order valence-electron chi connectivity index (χ2n) is 7.99. The topological polar surface area (TPSA) is 50.1 Å². The molecule has 0 saturated heterocycles. The first kappa shape index (κ1) is 26.5. The zero-order chi connectivity index (χ0) is 19.7. The fourth-order valence-electron chi connectivity index (χ4n) is 3.37. The Balaban J connectivity index is 3.04. The van der Waals surface area contributed by atoms with Gasteiger partial charge < -0.3 is 16.4 Å². The van der Waals surface area contributed by atoms with Gasteiger partial charge in [0.25, 0.3) is 0 Å². The average Bonchev–Trinajstić information content (AvgIpc) is 2.68. The summed E-state index contributed by atoms with van der Waals surface area (Å²) in [4.78, 5) is 0. The molecule has 4 N–H and O–H groups in total. The normalized spacial score (nSPS) is 11.5. The van der Waals surface area contributed by atoms with Gasteiger partial charge in [-0.05, 0) is 51.5 Å². The largest absolute Gasteiger partial charge is 0.391 e. The van der Waals surface area contributed by atoms with Crippen LogP contribution < -0.4 is 16.4 Å². The average molecular weight is 382 g/mol. The van der Waals surface area contributed by atoms with Gasteiger partial charge in [-0.1, -0.05) is 96.5 Å². The van der Waals surface area contributed by atoms with E-state index < -0.39 is 0 Å².